The molecule has 1 fully saturated rings. The summed E-state index contributed by atoms with van der Waals surface area (Å²) in [5, 5.41) is 3.36. The van der Waals surface area contributed by atoms with Crippen molar-refractivity contribution in [2.45, 2.75) is 23.8 Å². The van der Waals surface area contributed by atoms with Gasteiger partial charge in [-0.3, -0.25) is 0 Å². The molecule has 1 aliphatic rings. The third-order valence-corrected chi connectivity index (χ3v) is 5.43. The molecule has 0 atom stereocenters. The topological polar surface area (TPSA) is 115 Å². The number of nitrogens with one attached hydrogen (secondary N) is 1. The van der Waals surface area contributed by atoms with Crippen molar-refractivity contribution in [3.63, 3.8) is 0 Å². The van der Waals surface area contributed by atoms with Crippen LogP contribution < -0.4 is 10.1 Å². The summed E-state index contributed by atoms with van der Waals surface area (Å²) in [6.45, 7) is 2.00. The van der Waals surface area contributed by atoms with E-state index in [9.17, 15) is 0 Å². The Kier molecular flexibility index (Phi) is 7.20. The lowest BCUT2D eigenvalue weighted by Gasteiger charge is -2.23. The van der Waals surface area contributed by atoms with E-state index in [-0.39, 0.29) is 17.1 Å². The molecule has 0 unspecified atom stereocenters. The van der Waals surface area contributed by atoms with Gasteiger partial charge in [0.1, 0.15) is 23.5 Å². The van der Waals surface area contributed by atoms with Crippen molar-refractivity contribution in [3.8, 4) is 17.0 Å². The fourth-order valence-electron chi connectivity index (χ4n) is 3.34. The Hall–Kier alpha value is -2.13. The van der Waals surface area contributed by atoms with Crippen LogP contribution in [-0.4, -0.2) is 50.9 Å². The molecule has 1 aliphatic heterocycles. The van der Waals surface area contributed by atoms with Gasteiger partial charge in [0.2, 0.25) is 5.88 Å². The average molecular weight is 391 g/mol. The van der Waals surface area contributed by atoms with E-state index >= 15 is 0 Å². The molecular formula is C19H26N4O3S. The molecule has 7 nitrogen and oxygen atoms in total. The van der Waals surface area contributed by atoms with Gasteiger partial charge in [-0.25, -0.2) is 4.98 Å². The SMILES string of the molecule is CSc1ccc(-c2cn(C)c3c(OC4CCNCC4)ncnc23)cc1.O.O. The lowest BCUT2D eigenvalue weighted by atomic mass is 10.1. The van der Waals surface area contributed by atoms with Gasteiger partial charge in [0, 0.05) is 23.7 Å². The van der Waals surface area contributed by atoms with Crippen molar-refractivity contribution < 1.29 is 15.7 Å². The standard InChI is InChI=1S/C19H22N4OS.2H2O/c1-23-11-16(13-3-5-15(25-2)6-4-13)17-18(23)19(22-12-21-17)24-14-7-9-20-10-8-14;;/h3-6,11-12,14,20H,7-10H2,1-2H3;2*1H2. The minimum atomic E-state index is 0. The van der Waals surface area contributed by atoms with Gasteiger partial charge >= 0.3 is 0 Å². The molecule has 0 bridgehead atoms. The van der Waals surface area contributed by atoms with E-state index in [1.165, 1.54) is 4.90 Å². The van der Waals surface area contributed by atoms with E-state index < -0.39 is 0 Å². The molecule has 0 spiro atoms. The molecule has 27 heavy (non-hydrogen) atoms. The van der Waals surface area contributed by atoms with E-state index in [1.807, 2.05) is 7.05 Å². The molecule has 0 amide bonds. The van der Waals surface area contributed by atoms with E-state index in [2.05, 4.69) is 56.6 Å². The second kappa shape index (κ2) is 9.18. The van der Waals surface area contributed by atoms with Gasteiger partial charge in [-0.2, -0.15) is 4.98 Å². The molecule has 5 N–H and O–H groups in total. The van der Waals surface area contributed by atoms with Crippen molar-refractivity contribution in [2.24, 2.45) is 7.05 Å². The molecule has 8 heteroatoms. The highest BCUT2D eigenvalue weighted by atomic mass is 32.2. The quantitative estimate of drug-likeness (QED) is 0.683. The number of fused-ring (bicyclic) bond motifs is 1. The van der Waals surface area contributed by atoms with E-state index in [0.717, 1.165) is 48.1 Å². The van der Waals surface area contributed by atoms with Crippen LogP contribution in [0.15, 0.2) is 41.7 Å². The number of benzene rings is 1. The predicted molar refractivity (Wildman–Crippen MR) is 109 cm³/mol. The summed E-state index contributed by atoms with van der Waals surface area (Å²) in [6, 6.07) is 8.59. The number of thioether (sulfide) groups is 1. The molecule has 0 aliphatic carbocycles. The summed E-state index contributed by atoms with van der Waals surface area (Å²) in [5.74, 6) is 0.686. The summed E-state index contributed by atoms with van der Waals surface area (Å²) in [7, 11) is 2.03. The Morgan fingerprint density at radius 2 is 1.81 bits per heavy atom. The second-order valence-electron chi connectivity index (χ2n) is 6.33. The summed E-state index contributed by atoms with van der Waals surface area (Å²) in [6.07, 6.45) is 8.06. The van der Waals surface area contributed by atoms with Crippen LogP contribution in [0.3, 0.4) is 0 Å². The van der Waals surface area contributed by atoms with E-state index in [1.54, 1.807) is 18.1 Å². The van der Waals surface area contributed by atoms with Crippen LogP contribution in [0.4, 0.5) is 0 Å². The molecule has 2 aromatic heterocycles. The fourth-order valence-corrected chi connectivity index (χ4v) is 3.74. The van der Waals surface area contributed by atoms with Gasteiger partial charge in [-0.05, 0) is 49.9 Å². The number of aromatic nitrogens is 3. The van der Waals surface area contributed by atoms with Crippen LogP contribution >= 0.6 is 11.8 Å². The minimum absolute atomic E-state index is 0. The van der Waals surface area contributed by atoms with Gasteiger partial charge in [0.25, 0.3) is 0 Å². The first-order chi connectivity index (χ1) is 12.3. The summed E-state index contributed by atoms with van der Waals surface area (Å²) in [4.78, 5) is 10.2. The van der Waals surface area contributed by atoms with Crippen molar-refractivity contribution in [2.75, 3.05) is 19.3 Å². The molecule has 0 saturated carbocycles. The molecule has 0 radical (unpaired) electrons. The number of rotatable bonds is 4. The van der Waals surface area contributed by atoms with Gasteiger partial charge in [0.05, 0.1) is 0 Å². The largest absolute Gasteiger partial charge is 0.473 e. The molecule has 1 aromatic carbocycles. The van der Waals surface area contributed by atoms with Crippen molar-refractivity contribution >= 4 is 22.8 Å². The Morgan fingerprint density at radius 1 is 1.11 bits per heavy atom. The highest BCUT2D eigenvalue weighted by Gasteiger charge is 2.20. The monoisotopic (exact) mass is 390 g/mol. The third kappa shape index (κ3) is 4.24. The van der Waals surface area contributed by atoms with E-state index in [0.29, 0.717) is 5.88 Å². The average Bonchev–Trinajstić information content (AvgIpc) is 3.00. The van der Waals surface area contributed by atoms with Crippen molar-refractivity contribution in [1.82, 2.24) is 19.9 Å². The number of aryl methyl sites for hydroxylation is 1. The van der Waals surface area contributed by atoms with Crippen LogP contribution in [0.2, 0.25) is 0 Å². The van der Waals surface area contributed by atoms with Crippen molar-refractivity contribution in [3.05, 3.63) is 36.8 Å². The molecule has 4 rings (SSSR count). The maximum atomic E-state index is 6.22. The lowest BCUT2D eigenvalue weighted by Crippen LogP contribution is -2.34. The first-order valence-electron chi connectivity index (χ1n) is 8.58. The Balaban J connectivity index is 0.00000131. The zero-order valence-electron chi connectivity index (χ0n) is 15.5. The number of hydrogen-bond donors (Lipinski definition) is 1. The molecule has 3 aromatic rings. The number of ether oxygens (including phenoxy) is 1. The van der Waals surface area contributed by atoms with Crippen molar-refractivity contribution in [1.29, 1.82) is 0 Å². The summed E-state index contributed by atoms with van der Waals surface area (Å²) in [5.41, 5.74) is 4.18. The smallest absolute Gasteiger partial charge is 0.242 e. The van der Waals surface area contributed by atoms with Gasteiger partial charge in [-0.15, -0.1) is 11.8 Å². The molecular weight excluding hydrogens is 364 g/mol. The first kappa shape index (κ1) is 21.2. The number of nitrogens with zero attached hydrogens (tertiary/aromatic N) is 3. The fraction of sp³-hybridized carbons (Fsp3) is 0.368. The Bertz CT molecular complexity index is 877. The summed E-state index contributed by atoms with van der Waals surface area (Å²) < 4.78 is 8.29. The predicted octanol–water partition coefficient (Wildman–Crippen LogP) is 1.84. The van der Waals surface area contributed by atoms with Crippen LogP contribution in [-0.2, 0) is 7.05 Å². The Morgan fingerprint density at radius 3 is 2.48 bits per heavy atom. The van der Waals surface area contributed by atoms with Crippen LogP contribution in [0.5, 0.6) is 5.88 Å². The second-order valence-corrected chi connectivity index (χ2v) is 7.21. The maximum absolute atomic E-state index is 6.22. The highest BCUT2D eigenvalue weighted by molar-refractivity contribution is 7.98. The van der Waals surface area contributed by atoms with E-state index in [4.69, 9.17) is 4.74 Å². The highest BCUT2D eigenvalue weighted by Crippen LogP contribution is 2.33. The van der Waals surface area contributed by atoms with Crippen LogP contribution in [0.1, 0.15) is 12.8 Å². The Labute approximate surface area is 162 Å². The van der Waals surface area contributed by atoms with Gasteiger partial charge < -0.3 is 25.6 Å². The van der Waals surface area contributed by atoms with Gasteiger partial charge in [-0.1, -0.05) is 12.1 Å². The molecule has 3 heterocycles. The number of hydrogen-bond acceptors (Lipinski definition) is 5. The first-order valence-corrected chi connectivity index (χ1v) is 9.80. The van der Waals surface area contributed by atoms with Crippen LogP contribution in [0.25, 0.3) is 22.2 Å². The number of piperidine rings is 1. The molecule has 1 saturated heterocycles. The van der Waals surface area contributed by atoms with Crippen LogP contribution in [0, 0.1) is 0 Å². The minimum Gasteiger partial charge on any atom is -0.473 e. The third-order valence-electron chi connectivity index (χ3n) is 4.68. The van der Waals surface area contributed by atoms with Gasteiger partial charge in [0.15, 0.2) is 0 Å². The molecule has 146 valence electrons. The maximum Gasteiger partial charge on any atom is 0.242 e. The summed E-state index contributed by atoms with van der Waals surface area (Å²) >= 11 is 1.75. The lowest BCUT2D eigenvalue weighted by molar-refractivity contribution is 0.157. The normalized spacial score (nSPS) is 14.4. The zero-order chi connectivity index (χ0) is 17.2. The zero-order valence-corrected chi connectivity index (χ0v) is 16.3.